The monoisotopic (exact) mass is 488 g/mol. The van der Waals surface area contributed by atoms with E-state index in [4.69, 9.17) is 37.5 Å². The largest absolute Gasteiger partial charge is 0.494 e. The van der Waals surface area contributed by atoms with Crippen LogP contribution in [0.1, 0.15) is 16.1 Å². The van der Waals surface area contributed by atoms with Crippen LogP contribution in [0.4, 0.5) is 5.69 Å². The highest BCUT2D eigenvalue weighted by Crippen LogP contribution is 2.35. The van der Waals surface area contributed by atoms with Gasteiger partial charge in [0.05, 0.1) is 22.6 Å². The maximum atomic E-state index is 12.4. The molecule has 2 aromatic carbocycles. The molecule has 10 heteroatoms. The molecule has 1 amide bonds. The zero-order valence-corrected chi connectivity index (χ0v) is 18.7. The summed E-state index contributed by atoms with van der Waals surface area (Å²) in [4.78, 5) is 28.3. The first-order valence-corrected chi connectivity index (χ1v) is 10.7. The van der Waals surface area contributed by atoms with Crippen LogP contribution in [0, 0.1) is 0 Å². The maximum Gasteiger partial charge on any atom is 0.337 e. The molecular formula is C22H14Cl2N2O5S. The van der Waals surface area contributed by atoms with Gasteiger partial charge < -0.3 is 19.6 Å². The number of amides is 1. The summed E-state index contributed by atoms with van der Waals surface area (Å²) in [6.07, 6.45) is 1.59. The minimum absolute atomic E-state index is 0.00601. The Bertz CT molecular complexity index is 1300. The fourth-order valence-corrected chi connectivity index (χ4v) is 4.14. The summed E-state index contributed by atoms with van der Waals surface area (Å²) in [5.74, 6) is 0.0249. The molecule has 0 spiro atoms. The lowest BCUT2D eigenvalue weighted by Gasteiger charge is -2.04. The standard InChI is InChI=1S/C22H14Cl2N2O5S/c1-30-18-6-3-12(23)9-16(18)25-22-26-20(27)19(32-22)10-13-4-7-17(31-13)11-2-5-14(21(28)29)15(24)8-11/h2-10H,1H3,(H,28,29)(H,25,26,27)/b19-10-. The van der Waals surface area contributed by atoms with Crippen molar-refractivity contribution < 1.29 is 23.8 Å². The second kappa shape index (κ2) is 9.12. The number of furan rings is 1. The second-order valence-electron chi connectivity index (χ2n) is 6.50. The van der Waals surface area contributed by atoms with Gasteiger partial charge in [-0.1, -0.05) is 29.3 Å². The number of methoxy groups -OCH3 is 1. The number of hydrogen-bond donors (Lipinski definition) is 2. The topological polar surface area (TPSA) is 101 Å². The minimum Gasteiger partial charge on any atom is -0.494 e. The Morgan fingerprint density at radius 2 is 2.00 bits per heavy atom. The van der Waals surface area contributed by atoms with Gasteiger partial charge in [-0.2, -0.15) is 0 Å². The number of ether oxygens (including phenoxy) is 1. The van der Waals surface area contributed by atoms with E-state index in [0.29, 0.717) is 43.6 Å². The predicted octanol–water partition coefficient (Wildman–Crippen LogP) is 5.85. The Hall–Kier alpha value is -3.20. The van der Waals surface area contributed by atoms with E-state index in [0.717, 1.165) is 11.8 Å². The number of halogens is 2. The normalized spacial score (nSPS) is 15.9. The summed E-state index contributed by atoms with van der Waals surface area (Å²) in [7, 11) is 1.52. The first-order valence-electron chi connectivity index (χ1n) is 9.10. The van der Waals surface area contributed by atoms with E-state index in [-0.39, 0.29) is 16.5 Å². The zero-order valence-electron chi connectivity index (χ0n) is 16.4. The molecule has 0 radical (unpaired) electrons. The van der Waals surface area contributed by atoms with Gasteiger partial charge in [-0.25, -0.2) is 9.79 Å². The molecule has 2 N–H and O–H groups in total. The lowest BCUT2D eigenvalue weighted by Crippen LogP contribution is -2.19. The molecule has 162 valence electrons. The second-order valence-corrected chi connectivity index (χ2v) is 8.37. The van der Waals surface area contributed by atoms with E-state index >= 15 is 0 Å². The number of carbonyl (C=O) groups excluding carboxylic acids is 1. The molecule has 32 heavy (non-hydrogen) atoms. The fraction of sp³-hybridized carbons (Fsp3) is 0.0455. The number of nitrogens with one attached hydrogen (secondary N) is 1. The van der Waals surface area contributed by atoms with Crippen molar-refractivity contribution in [1.82, 2.24) is 5.32 Å². The average Bonchev–Trinajstić information content (AvgIpc) is 3.35. The third-order valence-corrected chi connectivity index (χ3v) is 5.86. The molecule has 4 rings (SSSR count). The molecule has 0 bridgehead atoms. The van der Waals surface area contributed by atoms with Gasteiger partial charge >= 0.3 is 5.97 Å². The van der Waals surface area contributed by atoms with Crippen LogP contribution in [-0.2, 0) is 4.79 Å². The van der Waals surface area contributed by atoms with Crippen molar-refractivity contribution in [3.63, 3.8) is 0 Å². The number of nitrogens with zero attached hydrogens (tertiary/aromatic N) is 1. The quantitative estimate of drug-likeness (QED) is 0.436. The van der Waals surface area contributed by atoms with Crippen molar-refractivity contribution in [3.05, 3.63) is 74.8 Å². The van der Waals surface area contributed by atoms with Crippen LogP contribution < -0.4 is 10.1 Å². The van der Waals surface area contributed by atoms with E-state index in [9.17, 15) is 9.59 Å². The minimum atomic E-state index is -1.11. The molecule has 0 aliphatic carbocycles. The number of rotatable bonds is 5. The molecule has 1 aromatic heterocycles. The first-order chi connectivity index (χ1) is 15.3. The van der Waals surface area contributed by atoms with Crippen LogP contribution >= 0.6 is 35.0 Å². The van der Waals surface area contributed by atoms with E-state index in [1.807, 2.05) is 0 Å². The van der Waals surface area contributed by atoms with Gasteiger partial charge in [0.2, 0.25) is 0 Å². The molecule has 1 aliphatic rings. The summed E-state index contributed by atoms with van der Waals surface area (Å²) in [5, 5.41) is 12.8. The van der Waals surface area contributed by atoms with E-state index < -0.39 is 5.97 Å². The number of hydrogen-bond acceptors (Lipinski definition) is 6. The van der Waals surface area contributed by atoms with E-state index in [2.05, 4.69) is 10.3 Å². The molecular weight excluding hydrogens is 475 g/mol. The van der Waals surface area contributed by atoms with Crippen LogP contribution in [0.5, 0.6) is 5.75 Å². The van der Waals surface area contributed by atoms with Gasteiger partial charge in [-0.3, -0.25) is 4.79 Å². The van der Waals surface area contributed by atoms with Crippen LogP contribution in [-0.4, -0.2) is 29.3 Å². The van der Waals surface area contributed by atoms with Crippen molar-refractivity contribution in [2.24, 2.45) is 4.99 Å². The van der Waals surface area contributed by atoms with Crippen LogP contribution in [0.15, 0.2) is 62.8 Å². The number of thioether (sulfide) groups is 1. The summed E-state index contributed by atoms with van der Waals surface area (Å²) in [5.41, 5.74) is 1.11. The number of aliphatic imine (C=N–C) groups is 1. The Balaban J connectivity index is 1.56. The summed E-state index contributed by atoms with van der Waals surface area (Å²) >= 11 is 13.2. The summed E-state index contributed by atoms with van der Waals surface area (Å²) in [6.45, 7) is 0. The number of carboxylic acid groups (broad SMARTS) is 1. The molecule has 3 aromatic rings. The number of carbonyl (C=O) groups is 2. The van der Waals surface area contributed by atoms with Crippen LogP contribution in [0.2, 0.25) is 10.0 Å². The van der Waals surface area contributed by atoms with Crippen molar-refractivity contribution >= 4 is 63.8 Å². The zero-order chi connectivity index (χ0) is 22.8. The van der Waals surface area contributed by atoms with E-state index in [1.165, 1.54) is 19.2 Å². The van der Waals surface area contributed by atoms with Gasteiger partial charge in [-0.05, 0) is 54.2 Å². The van der Waals surface area contributed by atoms with Crippen LogP contribution in [0.25, 0.3) is 17.4 Å². The van der Waals surface area contributed by atoms with Crippen LogP contribution in [0.3, 0.4) is 0 Å². The molecule has 7 nitrogen and oxygen atoms in total. The van der Waals surface area contributed by atoms with Gasteiger partial charge in [0, 0.05) is 16.7 Å². The Morgan fingerprint density at radius 1 is 1.19 bits per heavy atom. The lowest BCUT2D eigenvalue weighted by atomic mass is 10.1. The molecule has 1 fully saturated rings. The van der Waals surface area contributed by atoms with Gasteiger partial charge in [0.15, 0.2) is 5.17 Å². The molecule has 0 atom stereocenters. The molecule has 1 aliphatic heterocycles. The van der Waals surface area contributed by atoms with E-state index in [1.54, 1.807) is 42.5 Å². The first kappa shape index (κ1) is 22.0. The number of carboxylic acids is 1. The van der Waals surface area contributed by atoms with Crippen molar-refractivity contribution in [3.8, 4) is 17.1 Å². The highest BCUT2D eigenvalue weighted by molar-refractivity contribution is 8.18. The molecule has 0 saturated carbocycles. The number of aromatic carboxylic acids is 1. The average molecular weight is 489 g/mol. The highest BCUT2D eigenvalue weighted by Gasteiger charge is 2.25. The van der Waals surface area contributed by atoms with Gasteiger partial charge in [0.25, 0.3) is 5.91 Å². The summed E-state index contributed by atoms with van der Waals surface area (Å²) < 4.78 is 11.1. The Kier molecular flexibility index (Phi) is 6.27. The summed E-state index contributed by atoms with van der Waals surface area (Å²) in [6, 6.07) is 13.0. The number of amidine groups is 1. The molecule has 2 heterocycles. The molecule has 1 saturated heterocycles. The fourth-order valence-electron chi connectivity index (χ4n) is 2.90. The van der Waals surface area contributed by atoms with Crippen molar-refractivity contribution in [2.75, 3.05) is 7.11 Å². The highest BCUT2D eigenvalue weighted by atomic mass is 35.5. The SMILES string of the molecule is COc1ccc(Cl)cc1N=C1NC(=O)/C(=C/c2ccc(-c3ccc(C(=O)O)c(Cl)c3)o2)S1. The smallest absolute Gasteiger partial charge is 0.337 e. The Morgan fingerprint density at radius 3 is 2.72 bits per heavy atom. The van der Waals surface area contributed by atoms with Gasteiger partial charge in [0.1, 0.15) is 23.0 Å². The Labute approximate surface area is 196 Å². The number of benzene rings is 2. The van der Waals surface area contributed by atoms with Gasteiger partial charge in [-0.15, -0.1) is 0 Å². The predicted molar refractivity (Wildman–Crippen MR) is 125 cm³/mol. The molecule has 0 unspecified atom stereocenters. The lowest BCUT2D eigenvalue weighted by molar-refractivity contribution is -0.115. The maximum absolute atomic E-state index is 12.4. The van der Waals surface area contributed by atoms with Crippen molar-refractivity contribution in [2.45, 2.75) is 0 Å². The third-order valence-electron chi connectivity index (χ3n) is 4.40. The van der Waals surface area contributed by atoms with Crippen molar-refractivity contribution in [1.29, 1.82) is 0 Å². The third kappa shape index (κ3) is 4.67.